The minimum absolute atomic E-state index is 0.807. The molecule has 0 aliphatic heterocycles. The molecule has 0 aliphatic rings. The zero-order valence-electron chi connectivity index (χ0n) is 12.2. The summed E-state index contributed by atoms with van der Waals surface area (Å²) >= 11 is 0. The molecule has 0 aliphatic carbocycles. The summed E-state index contributed by atoms with van der Waals surface area (Å²) in [5.74, 6) is 1.87. The fraction of sp³-hybridized carbons (Fsp3) is 0.188. The molecular weight excluding hydrogens is 276 g/mol. The highest BCUT2D eigenvalue weighted by Crippen LogP contribution is 2.18. The van der Waals surface area contributed by atoms with Crippen LogP contribution in [0.1, 0.15) is 11.5 Å². The van der Waals surface area contributed by atoms with Gasteiger partial charge in [-0.05, 0) is 19.1 Å². The van der Waals surface area contributed by atoms with Crippen LogP contribution >= 0.6 is 0 Å². The first kappa shape index (κ1) is 12.8. The maximum atomic E-state index is 4.61. The molecule has 6 heteroatoms. The van der Waals surface area contributed by atoms with Gasteiger partial charge >= 0.3 is 0 Å². The smallest absolute Gasteiger partial charge is 0.160 e. The number of aromatic amines is 2. The van der Waals surface area contributed by atoms with Crippen LogP contribution in [0.25, 0.3) is 22.6 Å². The number of para-hydroxylation sites is 2. The van der Waals surface area contributed by atoms with Gasteiger partial charge in [0.05, 0.1) is 17.4 Å². The van der Waals surface area contributed by atoms with E-state index in [1.807, 2.05) is 43.6 Å². The number of imidazole rings is 3. The van der Waals surface area contributed by atoms with E-state index >= 15 is 0 Å². The Hall–Kier alpha value is -2.89. The maximum Gasteiger partial charge on any atom is 0.160 e. The second-order valence-corrected chi connectivity index (χ2v) is 5.27. The summed E-state index contributed by atoms with van der Waals surface area (Å²) in [5, 5.41) is 0. The molecule has 4 rings (SSSR count). The van der Waals surface area contributed by atoms with Crippen molar-refractivity contribution in [3.8, 4) is 11.5 Å². The minimum Gasteiger partial charge on any atom is -0.348 e. The van der Waals surface area contributed by atoms with Crippen LogP contribution in [0.3, 0.4) is 0 Å². The molecule has 0 unspecified atom stereocenters. The Morgan fingerprint density at radius 3 is 2.91 bits per heavy atom. The zero-order chi connectivity index (χ0) is 14.9. The van der Waals surface area contributed by atoms with E-state index < -0.39 is 0 Å². The molecule has 0 fully saturated rings. The van der Waals surface area contributed by atoms with Gasteiger partial charge in [-0.25, -0.2) is 15.0 Å². The van der Waals surface area contributed by atoms with Crippen LogP contribution in [0.4, 0.5) is 0 Å². The highest BCUT2D eigenvalue weighted by Gasteiger charge is 2.11. The van der Waals surface area contributed by atoms with Gasteiger partial charge in [0.2, 0.25) is 0 Å². The third-order valence-electron chi connectivity index (χ3n) is 3.79. The predicted octanol–water partition coefficient (Wildman–Crippen LogP) is 2.70. The first-order valence-corrected chi connectivity index (χ1v) is 7.26. The molecule has 4 aromatic rings. The van der Waals surface area contributed by atoms with E-state index in [1.165, 1.54) is 0 Å². The van der Waals surface area contributed by atoms with Crippen LogP contribution in [0, 0.1) is 6.92 Å². The van der Waals surface area contributed by atoms with Crippen molar-refractivity contribution >= 4 is 11.0 Å². The summed E-state index contributed by atoms with van der Waals surface area (Å²) in [7, 11) is 0. The maximum absolute atomic E-state index is 4.61. The number of aryl methyl sites for hydroxylation is 3. The van der Waals surface area contributed by atoms with Crippen molar-refractivity contribution in [3.05, 3.63) is 54.5 Å². The highest BCUT2D eigenvalue weighted by molar-refractivity contribution is 5.74. The van der Waals surface area contributed by atoms with Gasteiger partial charge < -0.3 is 14.5 Å². The number of H-pyrrole nitrogens is 2. The SMILES string of the molecule is Cc1[nH]cnc1-c1nccn1CCc1nc2ccccc2[nH]1. The minimum atomic E-state index is 0.807. The van der Waals surface area contributed by atoms with E-state index in [2.05, 4.69) is 29.5 Å². The van der Waals surface area contributed by atoms with Crippen molar-refractivity contribution in [1.82, 2.24) is 29.5 Å². The molecule has 2 N–H and O–H groups in total. The molecule has 110 valence electrons. The highest BCUT2D eigenvalue weighted by atomic mass is 15.1. The molecular formula is C16H16N6. The third-order valence-corrected chi connectivity index (χ3v) is 3.79. The number of rotatable bonds is 4. The van der Waals surface area contributed by atoms with Crippen molar-refractivity contribution in [2.45, 2.75) is 19.9 Å². The number of aromatic nitrogens is 6. The Morgan fingerprint density at radius 2 is 2.09 bits per heavy atom. The molecule has 0 amide bonds. The van der Waals surface area contributed by atoms with Crippen LogP contribution in [-0.2, 0) is 13.0 Å². The summed E-state index contributed by atoms with van der Waals surface area (Å²) in [6.07, 6.45) is 6.30. The van der Waals surface area contributed by atoms with E-state index in [4.69, 9.17) is 0 Å². The van der Waals surface area contributed by atoms with E-state index in [9.17, 15) is 0 Å². The van der Waals surface area contributed by atoms with Crippen LogP contribution in [0.2, 0.25) is 0 Å². The number of hydrogen-bond acceptors (Lipinski definition) is 3. The monoisotopic (exact) mass is 292 g/mol. The second kappa shape index (κ2) is 5.14. The Bertz CT molecular complexity index is 880. The van der Waals surface area contributed by atoms with Crippen molar-refractivity contribution in [2.75, 3.05) is 0 Å². The van der Waals surface area contributed by atoms with Crippen molar-refractivity contribution in [3.63, 3.8) is 0 Å². The lowest BCUT2D eigenvalue weighted by molar-refractivity contribution is 0.682. The number of benzene rings is 1. The largest absolute Gasteiger partial charge is 0.348 e. The first-order valence-electron chi connectivity index (χ1n) is 7.26. The zero-order valence-corrected chi connectivity index (χ0v) is 12.2. The van der Waals surface area contributed by atoms with Crippen molar-refractivity contribution < 1.29 is 0 Å². The summed E-state index contributed by atoms with van der Waals surface area (Å²) in [6.45, 7) is 2.81. The quantitative estimate of drug-likeness (QED) is 0.607. The standard InChI is InChI=1S/C16H16N6/c1-11-15(19-10-18-11)16-17-7-9-22(16)8-6-14-20-12-4-2-3-5-13(12)21-14/h2-5,7,9-10H,6,8H2,1H3,(H,18,19)(H,20,21). The molecule has 0 bridgehead atoms. The number of hydrogen-bond donors (Lipinski definition) is 2. The van der Waals surface area contributed by atoms with Gasteiger partial charge in [0.15, 0.2) is 5.82 Å². The lowest BCUT2D eigenvalue weighted by atomic mass is 10.3. The fourth-order valence-electron chi connectivity index (χ4n) is 2.64. The van der Waals surface area contributed by atoms with Crippen molar-refractivity contribution in [2.24, 2.45) is 0 Å². The van der Waals surface area contributed by atoms with Crippen LogP contribution in [-0.4, -0.2) is 29.5 Å². The predicted molar refractivity (Wildman–Crippen MR) is 84.3 cm³/mol. The average Bonchev–Trinajstić information content (AvgIpc) is 3.23. The number of fused-ring (bicyclic) bond motifs is 1. The van der Waals surface area contributed by atoms with Gasteiger partial charge in [-0.2, -0.15) is 0 Å². The van der Waals surface area contributed by atoms with Crippen LogP contribution in [0.5, 0.6) is 0 Å². The lowest BCUT2D eigenvalue weighted by Crippen LogP contribution is -2.04. The Labute approximate surface area is 127 Å². The Morgan fingerprint density at radius 1 is 1.18 bits per heavy atom. The second-order valence-electron chi connectivity index (χ2n) is 5.27. The van der Waals surface area contributed by atoms with Gasteiger partial charge in [-0.3, -0.25) is 0 Å². The van der Waals surface area contributed by atoms with Gasteiger partial charge in [-0.1, -0.05) is 12.1 Å². The molecule has 22 heavy (non-hydrogen) atoms. The lowest BCUT2D eigenvalue weighted by Gasteiger charge is -2.05. The van der Waals surface area contributed by atoms with E-state index in [0.717, 1.165) is 47.0 Å². The molecule has 3 aromatic heterocycles. The topological polar surface area (TPSA) is 75.2 Å². The van der Waals surface area contributed by atoms with Crippen molar-refractivity contribution in [1.29, 1.82) is 0 Å². The van der Waals surface area contributed by atoms with Gasteiger partial charge in [-0.15, -0.1) is 0 Å². The molecule has 0 spiro atoms. The summed E-state index contributed by atoms with van der Waals surface area (Å²) < 4.78 is 2.11. The van der Waals surface area contributed by atoms with Crippen LogP contribution in [0.15, 0.2) is 43.0 Å². The van der Waals surface area contributed by atoms with Gasteiger partial charge in [0.25, 0.3) is 0 Å². The summed E-state index contributed by atoms with van der Waals surface area (Å²) in [6, 6.07) is 8.08. The normalized spacial score (nSPS) is 11.3. The van der Waals surface area contributed by atoms with Gasteiger partial charge in [0, 0.05) is 31.1 Å². The number of nitrogens with one attached hydrogen (secondary N) is 2. The Kier molecular flexibility index (Phi) is 3.00. The molecule has 0 atom stereocenters. The molecule has 0 saturated carbocycles. The molecule has 3 heterocycles. The van der Waals surface area contributed by atoms with E-state index in [1.54, 1.807) is 6.33 Å². The fourth-order valence-corrected chi connectivity index (χ4v) is 2.64. The average molecular weight is 292 g/mol. The summed E-state index contributed by atoms with van der Waals surface area (Å²) in [5.41, 5.74) is 4.00. The van der Waals surface area contributed by atoms with Crippen LogP contribution < -0.4 is 0 Å². The first-order chi connectivity index (χ1) is 10.8. The molecule has 0 saturated heterocycles. The molecule has 1 aromatic carbocycles. The number of nitrogens with zero attached hydrogens (tertiary/aromatic N) is 4. The van der Waals surface area contributed by atoms with E-state index in [-0.39, 0.29) is 0 Å². The molecule has 6 nitrogen and oxygen atoms in total. The molecule has 0 radical (unpaired) electrons. The van der Waals surface area contributed by atoms with Gasteiger partial charge in [0.1, 0.15) is 11.5 Å². The van der Waals surface area contributed by atoms with E-state index in [0.29, 0.717) is 0 Å². The summed E-state index contributed by atoms with van der Waals surface area (Å²) in [4.78, 5) is 19.8. The Balaban J connectivity index is 1.57. The third kappa shape index (κ3) is 2.18.